The summed E-state index contributed by atoms with van der Waals surface area (Å²) < 4.78 is 19.8. The number of ether oxygens (including phenoxy) is 1. The maximum absolute atomic E-state index is 13.2. The van der Waals surface area contributed by atoms with E-state index < -0.39 is 0 Å². The molecule has 8 nitrogen and oxygen atoms in total. The molecule has 0 saturated carbocycles. The van der Waals surface area contributed by atoms with Gasteiger partial charge in [0, 0.05) is 25.8 Å². The lowest BCUT2D eigenvalue weighted by Gasteiger charge is -2.32. The van der Waals surface area contributed by atoms with Crippen LogP contribution in [0.15, 0.2) is 36.8 Å². The second kappa shape index (κ2) is 9.51. The van der Waals surface area contributed by atoms with Gasteiger partial charge < -0.3 is 14.5 Å². The number of amides is 2. The molecular weight excluding hydrogens is 391 g/mol. The van der Waals surface area contributed by atoms with E-state index in [1.807, 2.05) is 0 Å². The minimum absolute atomic E-state index is 0.122. The van der Waals surface area contributed by atoms with Gasteiger partial charge in [0.1, 0.15) is 11.5 Å². The number of aromatic nitrogens is 2. The number of benzene rings is 1. The van der Waals surface area contributed by atoms with Gasteiger partial charge in [0.05, 0.1) is 31.6 Å². The first-order valence-electron chi connectivity index (χ1n) is 9.88. The molecule has 0 aliphatic carbocycles. The molecule has 0 N–H and O–H groups in total. The standard InChI is InChI=1S/C21H25FN4O4/c1-3-30-21(29)15-5-4-10-25(12-15)19(27)13-24(2)20(28)18-11-23-14-26(18)17-8-6-16(22)7-9-17/h6-9,11,14-15H,3-5,10,12-13H2,1-2H3. The Morgan fingerprint density at radius 2 is 2.00 bits per heavy atom. The molecule has 1 fully saturated rings. The number of carbonyl (C=O) groups excluding carboxylic acids is 3. The number of carbonyl (C=O) groups is 3. The third kappa shape index (κ3) is 4.84. The van der Waals surface area contributed by atoms with Crippen LogP contribution in [0, 0.1) is 11.7 Å². The van der Waals surface area contributed by atoms with Crippen LogP contribution in [-0.2, 0) is 14.3 Å². The zero-order valence-electron chi connectivity index (χ0n) is 17.1. The van der Waals surface area contributed by atoms with E-state index in [0.29, 0.717) is 38.2 Å². The fourth-order valence-electron chi connectivity index (χ4n) is 3.49. The fourth-order valence-corrected chi connectivity index (χ4v) is 3.49. The molecule has 2 amide bonds. The maximum Gasteiger partial charge on any atom is 0.310 e. The first kappa shape index (κ1) is 21.5. The van der Waals surface area contributed by atoms with Gasteiger partial charge in [0.2, 0.25) is 5.91 Å². The summed E-state index contributed by atoms with van der Waals surface area (Å²) >= 11 is 0. The lowest BCUT2D eigenvalue weighted by Crippen LogP contribution is -2.47. The van der Waals surface area contributed by atoms with E-state index in [1.165, 1.54) is 36.6 Å². The van der Waals surface area contributed by atoms with Crippen molar-refractivity contribution in [1.29, 1.82) is 0 Å². The molecule has 1 aromatic heterocycles. The average molecular weight is 416 g/mol. The van der Waals surface area contributed by atoms with Crippen LogP contribution in [0.3, 0.4) is 0 Å². The number of piperidine rings is 1. The van der Waals surface area contributed by atoms with Gasteiger partial charge in [0.15, 0.2) is 0 Å². The third-order valence-corrected chi connectivity index (χ3v) is 5.08. The molecule has 160 valence electrons. The van der Waals surface area contributed by atoms with Gasteiger partial charge >= 0.3 is 5.97 Å². The maximum atomic E-state index is 13.2. The quantitative estimate of drug-likeness (QED) is 0.672. The number of hydrogen-bond acceptors (Lipinski definition) is 5. The summed E-state index contributed by atoms with van der Waals surface area (Å²) in [5, 5.41) is 0. The highest BCUT2D eigenvalue weighted by atomic mass is 19.1. The van der Waals surface area contributed by atoms with Crippen molar-refractivity contribution in [2.45, 2.75) is 19.8 Å². The Hall–Kier alpha value is -3.23. The molecule has 1 atom stereocenters. The van der Waals surface area contributed by atoms with Crippen molar-refractivity contribution < 1.29 is 23.5 Å². The van der Waals surface area contributed by atoms with Crippen molar-refractivity contribution in [3.8, 4) is 5.69 Å². The molecule has 2 heterocycles. The Bertz CT molecular complexity index is 912. The molecule has 1 saturated heterocycles. The van der Waals surface area contributed by atoms with E-state index in [-0.39, 0.29) is 41.8 Å². The zero-order valence-corrected chi connectivity index (χ0v) is 17.1. The molecule has 3 rings (SSSR count). The van der Waals surface area contributed by atoms with Gasteiger partial charge in [-0.25, -0.2) is 9.37 Å². The van der Waals surface area contributed by atoms with Gasteiger partial charge in [-0.3, -0.25) is 19.0 Å². The van der Waals surface area contributed by atoms with Crippen LogP contribution in [0.4, 0.5) is 4.39 Å². The van der Waals surface area contributed by atoms with Crippen LogP contribution in [0.5, 0.6) is 0 Å². The zero-order chi connectivity index (χ0) is 21.7. The largest absolute Gasteiger partial charge is 0.466 e. The number of esters is 1. The van der Waals surface area contributed by atoms with E-state index >= 15 is 0 Å². The summed E-state index contributed by atoms with van der Waals surface area (Å²) in [7, 11) is 1.54. The van der Waals surface area contributed by atoms with Crippen molar-refractivity contribution in [2.24, 2.45) is 5.92 Å². The van der Waals surface area contributed by atoms with E-state index in [1.54, 1.807) is 28.5 Å². The Morgan fingerprint density at radius 1 is 1.27 bits per heavy atom. The summed E-state index contributed by atoms with van der Waals surface area (Å²) in [6.45, 7) is 2.78. The highest BCUT2D eigenvalue weighted by molar-refractivity contribution is 5.95. The van der Waals surface area contributed by atoms with Gasteiger partial charge in [0.25, 0.3) is 5.91 Å². The summed E-state index contributed by atoms with van der Waals surface area (Å²) in [5.74, 6) is -1.61. The van der Waals surface area contributed by atoms with E-state index in [9.17, 15) is 18.8 Å². The first-order valence-corrected chi connectivity index (χ1v) is 9.88. The fraction of sp³-hybridized carbons (Fsp3) is 0.429. The molecule has 0 bridgehead atoms. The Morgan fingerprint density at radius 3 is 2.70 bits per heavy atom. The number of likely N-dealkylation sites (tertiary alicyclic amines) is 1. The Labute approximate surface area is 174 Å². The molecule has 1 aliphatic heterocycles. The van der Waals surface area contributed by atoms with E-state index in [0.717, 1.165) is 0 Å². The number of likely N-dealkylation sites (N-methyl/N-ethyl adjacent to an activating group) is 1. The van der Waals surface area contributed by atoms with E-state index in [4.69, 9.17) is 4.74 Å². The van der Waals surface area contributed by atoms with Crippen LogP contribution in [0.2, 0.25) is 0 Å². The highest BCUT2D eigenvalue weighted by Gasteiger charge is 2.30. The molecule has 2 aromatic rings. The lowest BCUT2D eigenvalue weighted by molar-refractivity contribution is -0.151. The second-order valence-corrected chi connectivity index (χ2v) is 7.22. The van der Waals surface area contributed by atoms with Crippen molar-refractivity contribution in [2.75, 3.05) is 33.3 Å². The van der Waals surface area contributed by atoms with Gasteiger partial charge in [-0.05, 0) is 44.0 Å². The average Bonchev–Trinajstić information content (AvgIpc) is 3.23. The minimum Gasteiger partial charge on any atom is -0.466 e. The second-order valence-electron chi connectivity index (χ2n) is 7.22. The molecule has 9 heteroatoms. The number of hydrogen-bond donors (Lipinski definition) is 0. The Kier molecular flexibility index (Phi) is 6.81. The lowest BCUT2D eigenvalue weighted by atomic mass is 9.98. The summed E-state index contributed by atoms with van der Waals surface area (Å²) in [4.78, 5) is 44.5. The van der Waals surface area contributed by atoms with Gasteiger partial charge in [-0.2, -0.15) is 0 Å². The molecule has 1 unspecified atom stereocenters. The van der Waals surface area contributed by atoms with Crippen molar-refractivity contribution in [3.05, 3.63) is 48.3 Å². The number of halogens is 1. The predicted octanol–water partition coefficient (Wildman–Crippen LogP) is 1.89. The van der Waals surface area contributed by atoms with Crippen LogP contribution in [0.1, 0.15) is 30.3 Å². The van der Waals surface area contributed by atoms with Crippen molar-refractivity contribution >= 4 is 17.8 Å². The molecule has 1 aliphatic rings. The van der Waals surface area contributed by atoms with Crippen molar-refractivity contribution in [1.82, 2.24) is 19.4 Å². The molecule has 1 aromatic carbocycles. The summed E-state index contributed by atoms with van der Waals surface area (Å²) in [5.41, 5.74) is 0.852. The summed E-state index contributed by atoms with van der Waals surface area (Å²) in [6, 6.07) is 5.69. The monoisotopic (exact) mass is 416 g/mol. The number of rotatable bonds is 6. The molecule has 0 radical (unpaired) electrons. The molecular formula is C21H25FN4O4. The van der Waals surface area contributed by atoms with Crippen LogP contribution in [-0.4, -0.2) is 70.4 Å². The van der Waals surface area contributed by atoms with Crippen LogP contribution in [0.25, 0.3) is 5.69 Å². The van der Waals surface area contributed by atoms with Crippen LogP contribution >= 0.6 is 0 Å². The van der Waals surface area contributed by atoms with Gasteiger partial charge in [-0.15, -0.1) is 0 Å². The van der Waals surface area contributed by atoms with Crippen molar-refractivity contribution in [3.63, 3.8) is 0 Å². The highest BCUT2D eigenvalue weighted by Crippen LogP contribution is 2.19. The Balaban J connectivity index is 1.65. The topological polar surface area (TPSA) is 84.7 Å². The molecule has 0 spiro atoms. The van der Waals surface area contributed by atoms with Crippen LogP contribution < -0.4 is 0 Å². The van der Waals surface area contributed by atoms with Gasteiger partial charge in [-0.1, -0.05) is 0 Å². The SMILES string of the molecule is CCOC(=O)C1CCCN(C(=O)CN(C)C(=O)c2cncn2-c2ccc(F)cc2)C1. The minimum atomic E-state index is -0.385. The predicted molar refractivity (Wildman–Crippen MR) is 106 cm³/mol. The number of nitrogens with zero attached hydrogens (tertiary/aromatic N) is 4. The molecule has 30 heavy (non-hydrogen) atoms. The first-order chi connectivity index (χ1) is 14.4. The normalized spacial score (nSPS) is 16.2. The number of imidazole rings is 1. The summed E-state index contributed by atoms with van der Waals surface area (Å²) in [6.07, 6.45) is 4.27. The van der Waals surface area contributed by atoms with E-state index in [2.05, 4.69) is 4.98 Å². The third-order valence-electron chi connectivity index (χ3n) is 5.08. The smallest absolute Gasteiger partial charge is 0.310 e.